The van der Waals surface area contributed by atoms with Crippen molar-refractivity contribution >= 4 is 5.91 Å². The van der Waals surface area contributed by atoms with Crippen molar-refractivity contribution < 1.29 is 18.4 Å². The van der Waals surface area contributed by atoms with E-state index in [1.807, 2.05) is 4.90 Å². The summed E-state index contributed by atoms with van der Waals surface area (Å²) in [6.07, 6.45) is 2.48. The molecule has 26 heavy (non-hydrogen) atoms. The summed E-state index contributed by atoms with van der Waals surface area (Å²) in [6.45, 7) is 5.24. The van der Waals surface area contributed by atoms with Crippen molar-refractivity contribution in [3.05, 3.63) is 36.0 Å². The SMILES string of the molecule is CCC(CC)N(CCOC)C(=O)CCc1nc(-c2ccc(F)cc2)no1. The minimum absolute atomic E-state index is 0.0530. The highest BCUT2D eigenvalue weighted by molar-refractivity contribution is 5.76. The number of carbonyl (C=O) groups is 1. The van der Waals surface area contributed by atoms with Crippen LogP contribution in [-0.4, -0.2) is 47.3 Å². The molecule has 0 saturated heterocycles. The smallest absolute Gasteiger partial charge is 0.227 e. The molecule has 0 radical (unpaired) electrons. The van der Waals surface area contributed by atoms with Crippen molar-refractivity contribution in [3.8, 4) is 11.4 Å². The zero-order valence-corrected chi connectivity index (χ0v) is 15.6. The first-order valence-corrected chi connectivity index (χ1v) is 8.95. The molecule has 0 aliphatic carbocycles. The number of halogens is 1. The minimum atomic E-state index is -0.319. The highest BCUT2D eigenvalue weighted by atomic mass is 19.1. The first-order chi connectivity index (χ1) is 12.6. The van der Waals surface area contributed by atoms with Crippen LogP contribution in [0.3, 0.4) is 0 Å². The van der Waals surface area contributed by atoms with Crippen LogP contribution in [0.4, 0.5) is 4.39 Å². The van der Waals surface area contributed by atoms with Crippen LogP contribution in [-0.2, 0) is 16.0 Å². The van der Waals surface area contributed by atoms with Gasteiger partial charge in [-0.3, -0.25) is 4.79 Å². The van der Waals surface area contributed by atoms with E-state index in [1.54, 1.807) is 19.2 Å². The Morgan fingerprint density at radius 1 is 1.27 bits per heavy atom. The number of carbonyl (C=O) groups excluding carboxylic acids is 1. The van der Waals surface area contributed by atoms with E-state index in [0.717, 1.165) is 12.8 Å². The summed E-state index contributed by atoms with van der Waals surface area (Å²) < 4.78 is 23.3. The second-order valence-corrected chi connectivity index (χ2v) is 6.07. The van der Waals surface area contributed by atoms with Gasteiger partial charge in [-0.25, -0.2) is 4.39 Å². The van der Waals surface area contributed by atoms with E-state index in [9.17, 15) is 9.18 Å². The van der Waals surface area contributed by atoms with Gasteiger partial charge in [0.2, 0.25) is 17.6 Å². The molecule has 1 heterocycles. The Bertz CT molecular complexity index is 684. The zero-order chi connectivity index (χ0) is 18.9. The Kier molecular flexibility index (Phi) is 7.72. The molecule has 0 saturated carbocycles. The standard InChI is InChI=1S/C19H26FN3O3/c1-4-16(5-2)23(12-13-25-3)18(24)11-10-17-21-19(22-26-17)14-6-8-15(20)9-7-14/h6-9,16H,4-5,10-13H2,1-3H3. The highest BCUT2D eigenvalue weighted by Gasteiger charge is 2.21. The van der Waals surface area contributed by atoms with Crippen LogP contribution in [0, 0.1) is 5.82 Å². The lowest BCUT2D eigenvalue weighted by Crippen LogP contribution is -2.41. The third kappa shape index (κ3) is 5.36. The van der Waals surface area contributed by atoms with Crippen LogP contribution in [0.15, 0.2) is 28.8 Å². The van der Waals surface area contributed by atoms with Crippen molar-refractivity contribution in [1.29, 1.82) is 0 Å². The van der Waals surface area contributed by atoms with E-state index in [4.69, 9.17) is 9.26 Å². The normalized spacial score (nSPS) is 11.1. The van der Waals surface area contributed by atoms with Gasteiger partial charge in [-0.1, -0.05) is 19.0 Å². The molecule has 0 spiro atoms. The van der Waals surface area contributed by atoms with E-state index in [0.29, 0.717) is 43.3 Å². The van der Waals surface area contributed by atoms with Gasteiger partial charge in [0.15, 0.2) is 0 Å². The number of nitrogens with zero attached hydrogens (tertiary/aromatic N) is 3. The van der Waals surface area contributed by atoms with Gasteiger partial charge >= 0.3 is 0 Å². The topological polar surface area (TPSA) is 68.5 Å². The van der Waals surface area contributed by atoms with Crippen LogP contribution in [0.2, 0.25) is 0 Å². The fourth-order valence-electron chi connectivity index (χ4n) is 2.86. The maximum absolute atomic E-state index is 13.0. The van der Waals surface area contributed by atoms with E-state index in [-0.39, 0.29) is 17.8 Å². The Morgan fingerprint density at radius 3 is 2.58 bits per heavy atom. The first-order valence-electron chi connectivity index (χ1n) is 8.95. The summed E-state index contributed by atoms with van der Waals surface area (Å²) in [5.41, 5.74) is 0.673. The molecule has 0 fully saturated rings. The molecule has 2 aromatic rings. The van der Waals surface area contributed by atoms with Crippen LogP contribution in [0.1, 0.15) is 39.0 Å². The van der Waals surface area contributed by atoms with Crippen molar-refractivity contribution in [3.63, 3.8) is 0 Å². The highest BCUT2D eigenvalue weighted by Crippen LogP contribution is 2.17. The van der Waals surface area contributed by atoms with Gasteiger partial charge < -0.3 is 14.2 Å². The second-order valence-electron chi connectivity index (χ2n) is 6.07. The molecule has 0 N–H and O–H groups in total. The Hall–Kier alpha value is -2.28. The van der Waals surface area contributed by atoms with Gasteiger partial charge in [0.1, 0.15) is 5.82 Å². The third-order valence-electron chi connectivity index (χ3n) is 4.36. The molecule has 0 atom stereocenters. The van der Waals surface area contributed by atoms with Gasteiger partial charge in [-0.05, 0) is 37.1 Å². The average molecular weight is 363 g/mol. The fourth-order valence-corrected chi connectivity index (χ4v) is 2.86. The van der Waals surface area contributed by atoms with Crippen molar-refractivity contribution in [2.24, 2.45) is 0 Å². The number of aryl methyl sites for hydroxylation is 1. The average Bonchev–Trinajstić information content (AvgIpc) is 3.13. The number of benzene rings is 1. The molecule has 0 aliphatic rings. The quantitative estimate of drug-likeness (QED) is 0.646. The van der Waals surface area contributed by atoms with Crippen LogP contribution in [0.25, 0.3) is 11.4 Å². The predicted octanol–water partition coefficient (Wildman–Crippen LogP) is 3.47. The second kappa shape index (κ2) is 10.0. The lowest BCUT2D eigenvalue weighted by Gasteiger charge is -2.30. The molecule has 2 rings (SSSR count). The zero-order valence-electron chi connectivity index (χ0n) is 15.6. The minimum Gasteiger partial charge on any atom is -0.383 e. The summed E-state index contributed by atoms with van der Waals surface area (Å²) in [6, 6.07) is 6.08. The number of ether oxygens (including phenoxy) is 1. The molecule has 0 aliphatic heterocycles. The van der Waals surface area contributed by atoms with E-state index in [1.165, 1.54) is 12.1 Å². The number of aromatic nitrogens is 2. The molecular formula is C19H26FN3O3. The molecule has 6 nitrogen and oxygen atoms in total. The van der Waals surface area contributed by atoms with E-state index < -0.39 is 0 Å². The van der Waals surface area contributed by atoms with Gasteiger partial charge in [-0.2, -0.15) is 4.98 Å². The maximum atomic E-state index is 13.0. The lowest BCUT2D eigenvalue weighted by molar-refractivity contribution is -0.134. The largest absolute Gasteiger partial charge is 0.383 e. The monoisotopic (exact) mass is 363 g/mol. The predicted molar refractivity (Wildman–Crippen MR) is 96.0 cm³/mol. The molecule has 1 aromatic heterocycles. The first kappa shape index (κ1) is 20.0. The summed E-state index contributed by atoms with van der Waals surface area (Å²) in [5, 5.41) is 3.90. The number of amides is 1. The van der Waals surface area contributed by atoms with Crippen molar-refractivity contribution in [2.45, 2.75) is 45.6 Å². The summed E-state index contributed by atoms with van der Waals surface area (Å²) >= 11 is 0. The van der Waals surface area contributed by atoms with E-state index in [2.05, 4.69) is 24.0 Å². The number of hydrogen-bond donors (Lipinski definition) is 0. The Balaban J connectivity index is 1.97. The molecule has 1 amide bonds. The summed E-state index contributed by atoms with van der Waals surface area (Å²) in [7, 11) is 1.63. The Morgan fingerprint density at radius 2 is 1.96 bits per heavy atom. The summed E-state index contributed by atoms with van der Waals surface area (Å²) in [5.74, 6) is 0.524. The van der Waals surface area contributed by atoms with Crippen molar-refractivity contribution in [1.82, 2.24) is 15.0 Å². The summed E-state index contributed by atoms with van der Waals surface area (Å²) in [4.78, 5) is 18.8. The van der Waals surface area contributed by atoms with Gasteiger partial charge in [0.05, 0.1) is 6.61 Å². The number of methoxy groups -OCH3 is 1. The molecule has 142 valence electrons. The van der Waals surface area contributed by atoms with E-state index >= 15 is 0 Å². The van der Waals surface area contributed by atoms with Crippen LogP contribution < -0.4 is 0 Å². The molecule has 7 heteroatoms. The van der Waals surface area contributed by atoms with Crippen LogP contribution >= 0.6 is 0 Å². The van der Waals surface area contributed by atoms with Gasteiger partial charge in [-0.15, -0.1) is 0 Å². The lowest BCUT2D eigenvalue weighted by atomic mass is 10.1. The molecule has 0 unspecified atom stereocenters. The molecule has 0 bridgehead atoms. The Labute approximate surface area is 153 Å². The van der Waals surface area contributed by atoms with Gasteiger partial charge in [0.25, 0.3) is 0 Å². The molecular weight excluding hydrogens is 337 g/mol. The van der Waals surface area contributed by atoms with Crippen molar-refractivity contribution in [2.75, 3.05) is 20.3 Å². The number of rotatable bonds is 10. The van der Waals surface area contributed by atoms with Gasteiger partial charge in [0, 0.05) is 38.1 Å². The fraction of sp³-hybridized carbons (Fsp3) is 0.526. The maximum Gasteiger partial charge on any atom is 0.227 e. The number of hydrogen-bond acceptors (Lipinski definition) is 5. The third-order valence-corrected chi connectivity index (χ3v) is 4.36. The van der Waals surface area contributed by atoms with Crippen LogP contribution in [0.5, 0.6) is 0 Å². The molecule has 1 aromatic carbocycles.